The minimum absolute atomic E-state index is 0.112. The summed E-state index contributed by atoms with van der Waals surface area (Å²) in [4.78, 5) is 28.8. The molecule has 1 saturated heterocycles. The summed E-state index contributed by atoms with van der Waals surface area (Å²) in [5.74, 6) is -0.521. The third kappa shape index (κ3) is 6.06. The summed E-state index contributed by atoms with van der Waals surface area (Å²) in [7, 11) is -3.77. The number of piperidine rings is 1. The molecule has 0 radical (unpaired) electrons. The largest absolute Gasteiger partial charge is 0.352 e. The van der Waals surface area contributed by atoms with Gasteiger partial charge in [-0.1, -0.05) is 24.8 Å². The van der Waals surface area contributed by atoms with Crippen LogP contribution in [0.5, 0.6) is 0 Å². The van der Waals surface area contributed by atoms with Crippen LogP contribution in [0.15, 0.2) is 78.3 Å². The van der Waals surface area contributed by atoms with Gasteiger partial charge in [0.25, 0.3) is 5.91 Å². The number of hydrogen-bond acceptors (Lipinski definition) is 5. The lowest BCUT2D eigenvalue weighted by Gasteiger charge is -2.41. The average Bonchev–Trinajstić information content (AvgIpc) is 2.88. The van der Waals surface area contributed by atoms with E-state index in [4.69, 9.17) is 0 Å². The molecular weight excluding hydrogens is 488 g/mol. The van der Waals surface area contributed by atoms with Crippen LogP contribution in [0.2, 0.25) is 0 Å². The lowest BCUT2D eigenvalue weighted by atomic mass is 9.95. The van der Waals surface area contributed by atoms with Gasteiger partial charge in [0.15, 0.2) is 0 Å². The summed E-state index contributed by atoms with van der Waals surface area (Å²) in [6, 6.07) is 15.3. The molecule has 2 heterocycles. The molecule has 9 heteroatoms. The minimum Gasteiger partial charge on any atom is -0.352 e. The zero-order chi connectivity index (χ0) is 26.6. The summed E-state index contributed by atoms with van der Waals surface area (Å²) in [5, 5.41) is 6.83. The first kappa shape index (κ1) is 26.5. The van der Waals surface area contributed by atoms with E-state index in [9.17, 15) is 18.0 Å². The Labute approximate surface area is 217 Å². The van der Waals surface area contributed by atoms with Crippen molar-refractivity contribution < 1.29 is 18.0 Å². The number of aromatic nitrogens is 1. The summed E-state index contributed by atoms with van der Waals surface area (Å²) >= 11 is 0. The van der Waals surface area contributed by atoms with Crippen LogP contribution in [0.4, 0.5) is 0 Å². The molecule has 1 fully saturated rings. The normalized spacial score (nSPS) is 20.3. The second-order valence-corrected chi connectivity index (χ2v) is 11.3. The first-order chi connectivity index (χ1) is 17.7. The zero-order valence-electron chi connectivity index (χ0n) is 21.1. The highest BCUT2D eigenvalue weighted by molar-refractivity contribution is 7.89. The van der Waals surface area contributed by atoms with E-state index in [2.05, 4.69) is 22.2 Å². The van der Waals surface area contributed by atoms with Gasteiger partial charge in [-0.25, -0.2) is 8.42 Å². The van der Waals surface area contributed by atoms with Crippen molar-refractivity contribution in [1.29, 1.82) is 0 Å². The Bertz CT molecular complexity index is 1390. The highest BCUT2D eigenvalue weighted by atomic mass is 32.2. The SMILES string of the molecule is C=CC(=O)NC1CC(C)N(S(=O)(=O)c2ccc(C(=O)NCCc3ccc4cccnc4c3)cc2)C(C)C1. The topological polar surface area (TPSA) is 108 Å². The third-order valence-corrected chi connectivity index (χ3v) is 8.86. The second kappa shape index (κ2) is 11.2. The number of carbonyl (C=O) groups is 2. The molecule has 194 valence electrons. The average molecular weight is 521 g/mol. The van der Waals surface area contributed by atoms with Crippen LogP contribution in [-0.4, -0.2) is 54.2 Å². The smallest absolute Gasteiger partial charge is 0.251 e. The maximum atomic E-state index is 13.4. The van der Waals surface area contributed by atoms with E-state index in [1.165, 1.54) is 34.6 Å². The predicted molar refractivity (Wildman–Crippen MR) is 144 cm³/mol. The van der Waals surface area contributed by atoms with Crippen molar-refractivity contribution in [1.82, 2.24) is 19.9 Å². The Balaban J connectivity index is 1.36. The minimum atomic E-state index is -3.77. The van der Waals surface area contributed by atoms with Crippen molar-refractivity contribution in [2.45, 2.75) is 56.1 Å². The molecule has 37 heavy (non-hydrogen) atoms. The summed E-state index contributed by atoms with van der Waals surface area (Å²) in [5.41, 5.74) is 2.38. The molecule has 4 rings (SSSR count). The van der Waals surface area contributed by atoms with E-state index < -0.39 is 10.0 Å². The quantitative estimate of drug-likeness (QED) is 0.443. The summed E-state index contributed by atoms with van der Waals surface area (Å²) < 4.78 is 28.3. The van der Waals surface area contributed by atoms with Crippen LogP contribution in [0.25, 0.3) is 10.9 Å². The van der Waals surface area contributed by atoms with Gasteiger partial charge in [-0.3, -0.25) is 14.6 Å². The van der Waals surface area contributed by atoms with Gasteiger partial charge in [-0.05, 0) is 81.1 Å². The number of carbonyl (C=O) groups excluding carboxylic acids is 2. The van der Waals surface area contributed by atoms with E-state index in [-0.39, 0.29) is 34.8 Å². The van der Waals surface area contributed by atoms with E-state index in [1.54, 1.807) is 6.20 Å². The van der Waals surface area contributed by atoms with Gasteiger partial charge < -0.3 is 10.6 Å². The van der Waals surface area contributed by atoms with E-state index in [1.807, 2.05) is 44.2 Å². The molecular formula is C28H32N4O4S. The molecule has 2 N–H and O–H groups in total. The number of nitrogens with one attached hydrogen (secondary N) is 2. The van der Waals surface area contributed by atoms with Crippen LogP contribution in [0, 0.1) is 0 Å². The van der Waals surface area contributed by atoms with Gasteiger partial charge in [0, 0.05) is 41.8 Å². The Kier molecular flexibility index (Phi) is 8.04. The molecule has 2 aromatic carbocycles. The van der Waals surface area contributed by atoms with Gasteiger partial charge in [-0.15, -0.1) is 0 Å². The first-order valence-corrected chi connectivity index (χ1v) is 13.8. The number of amides is 2. The standard InChI is InChI=1S/C28H32N4O4S/c1-4-27(33)31-24-16-19(2)32(20(3)17-24)37(35,36)25-11-9-23(10-12-25)28(34)30-15-13-21-7-8-22-6-5-14-29-26(22)18-21/h4-12,14,18-20,24H,1,13,15-17H2,2-3H3,(H,30,34)(H,31,33). The molecule has 0 aliphatic carbocycles. The van der Waals surface area contributed by atoms with E-state index in [0.717, 1.165) is 16.5 Å². The number of benzene rings is 2. The molecule has 8 nitrogen and oxygen atoms in total. The Morgan fingerprint density at radius 1 is 1.08 bits per heavy atom. The Hall–Kier alpha value is -3.56. The molecule has 0 spiro atoms. The fourth-order valence-electron chi connectivity index (χ4n) is 5.00. The second-order valence-electron chi connectivity index (χ2n) is 9.47. The number of sulfonamides is 1. The number of rotatable bonds is 8. The number of hydrogen-bond donors (Lipinski definition) is 2. The van der Waals surface area contributed by atoms with Gasteiger partial charge in [0.2, 0.25) is 15.9 Å². The molecule has 3 aromatic rings. The Morgan fingerprint density at radius 3 is 2.46 bits per heavy atom. The lowest BCUT2D eigenvalue weighted by molar-refractivity contribution is -0.117. The zero-order valence-corrected chi connectivity index (χ0v) is 21.9. The van der Waals surface area contributed by atoms with Gasteiger partial charge in [-0.2, -0.15) is 4.31 Å². The first-order valence-electron chi connectivity index (χ1n) is 12.4. The van der Waals surface area contributed by atoms with Gasteiger partial charge in [0.05, 0.1) is 10.4 Å². The van der Waals surface area contributed by atoms with Crippen LogP contribution in [-0.2, 0) is 21.2 Å². The molecule has 1 aliphatic heterocycles. The fourth-order valence-corrected chi connectivity index (χ4v) is 6.85. The third-order valence-electron chi connectivity index (χ3n) is 6.71. The van der Waals surface area contributed by atoms with Crippen molar-refractivity contribution in [2.24, 2.45) is 0 Å². The number of nitrogens with zero attached hydrogens (tertiary/aromatic N) is 2. The van der Waals surface area contributed by atoms with Crippen molar-refractivity contribution >= 4 is 32.7 Å². The van der Waals surface area contributed by atoms with Gasteiger partial charge >= 0.3 is 0 Å². The van der Waals surface area contributed by atoms with Gasteiger partial charge in [0.1, 0.15) is 0 Å². The van der Waals surface area contributed by atoms with E-state index >= 15 is 0 Å². The molecule has 1 aliphatic rings. The molecule has 2 amide bonds. The monoisotopic (exact) mass is 520 g/mol. The molecule has 2 atom stereocenters. The predicted octanol–water partition coefficient (Wildman–Crippen LogP) is 3.44. The van der Waals surface area contributed by atoms with Crippen molar-refractivity contribution in [2.75, 3.05) is 6.54 Å². The summed E-state index contributed by atoms with van der Waals surface area (Å²) in [6.45, 7) is 7.60. The van der Waals surface area contributed by atoms with Crippen molar-refractivity contribution in [3.63, 3.8) is 0 Å². The number of pyridine rings is 1. The van der Waals surface area contributed by atoms with Crippen molar-refractivity contribution in [3.05, 3.63) is 84.6 Å². The lowest BCUT2D eigenvalue weighted by Crippen LogP contribution is -2.54. The van der Waals surface area contributed by atoms with Crippen molar-refractivity contribution in [3.8, 4) is 0 Å². The van der Waals surface area contributed by atoms with E-state index in [0.29, 0.717) is 31.4 Å². The molecule has 1 aromatic heterocycles. The van der Waals surface area contributed by atoms with Crippen LogP contribution >= 0.6 is 0 Å². The maximum absolute atomic E-state index is 13.4. The molecule has 2 unspecified atom stereocenters. The summed E-state index contributed by atoms with van der Waals surface area (Å²) in [6.07, 6.45) is 4.65. The maximum Gasteiger partial charge on any atom is 0.251 e. The molecule has 0 saturated carbocycles. The molecule has 0 bridgehead atoms. The fraction of sp³-hybridized carbons (Fsp3) is 0.321. The van der Waals surface area contributed by atoms with Crippen LogP contribution < -0.4 is 10.6 Å². The van der Waals surface area contributed by atoms with Crippen LogP contribution in [0.3, 0.4) is 0 Å². The Morgan fingerprint density at radius 2 is 1.78 bits per heavy atom. The highest BCUT2D eigenvalue weighted by Crippen LogP contribution is 2.30. The highest BCUT2D eigenvalue weighted by Gasteiger charge is 2.39. The van der Waals surface area contributed by atoms with Crippen LogP contribution in [0.1, 0.15) is 42.6 Å². The number of fused-ring (bicyclic) bond motifs is 1.